The molecule has 0 radical (unpaired) electrons. The van der Waals surface area contributed by atoms with Crippen LogP contribution in [-0.2, 0) is 6.42 Å². The van der Waals surface area contributed by atoms with Gasteiger partial charge in [0.15, 0.2) is 5.69 Å². The van der Waals surface area contributed by atoms with Crippen molar-refractivity contribution in [1.29, 1.82) is 0 Å². The Kier molecular flexibility index (Phi) is 5.40. The number of piperidine rings is 1. The fourth-order valence-corrected chi connectivity index (χ4v) is 3.70. The van der Waals surface area contributed by atoms with Crippen LogP contribution in [0.2, 0.25) is 0 Å². The third-order valence-corrected chi connectivity index (χ3v) is 5.07. The molecule has 23 heavy (non-hydrogen) atoms. The maximum absolute atomic E-state index is 12.2. The number of carbonyl (C=O) groups is 1. The number of nitrogens with zero attached hydrogens (tertiary/aromatic N) is 3. The van der Waals surface area contributed by atoms with E-state index in [1.165, 1.54) is 4.88 Å². The van der Waals surface area contributed by atoms with Crippen molar-refractivity contribution in [3.05, 3.63) is 34.3 Å². The topological polar surface area (TPSA) is 71.8 Å². The third-order valence-electron chi connectivity index (χ3n) is 4.17. The summed E-state index contributed by atoms with van der Waals surface area (Å²) in [7, 11) is 0. The van der Waals surface area contributed by atoms with Gasteiger partial charge in [0, 0.05) is 11.4 Å². The monoisotopic (exact) mass is 333 g/mol. The Bertz CT molecular complexity index is 618. The molecule has 1 saturated heterocycles. The molecule has 7 heteroatoms. The lowest BCUT2D eigenvalue weighted by atomic mass is 10.1. The fraction of sp³-hybridized carbons (Fsp3) is 0.562. The van der Waals surface area contributed by atoms with Gasteiger partial charge in [0.2, 0.25) is 0 Å². The lowest BCUT2D eigenvalue weighted by molar-refractivity contribution is 0.0943. The maximum atomic E-state index is 12.2. The molecule has 1 aliphatic heterocycles. The number of aromatic nitrogens is 3. The van der Waals surface area contributed by atoms with E-state index in [-0.39, 0.29) is 5.91 Å². The zero-order valence-corrected chi connectivity index (χ0v) is 14.2. The Labute approximate surface area is 140 Å². The highest BCUT2D eigenvalue weighted by Crippen LogP contribution is 2.17. The second-order valence-electron chi connectivity index (χ2n) is 6.16. The van der Waals surface area contributed by atoms with Crippen molar-refractivity contribution in [3.63, 3.8) is 0 Å². The van der Waals surface area contributed by atoms with Gasteiger partial charge >= 0.3 is 0 Å². The zero-order valence-electron chi connectivity index (χ0n) is 13.4. The van der Waals surface area contributed by atoms with Crippen LogP contribution in [-0.4, -0.2) is 40.5 Å². The summed E-state index contributed by atoms with van der Waals surface area (Å²) >= 11 is 1.76. The van der Waals surface area contributed by atoms with Crippen LogP contribution in [0.15, 0.2) is 23.7 Å². The predicted octanol–water partition coefficient (Wildman–Crippen LogP) is 1.87. The SMILES string of the molecule is CC(CNC(=O)c1cn(C2CCNCC2)nn1)Cc1cccs1. The molecule has 0 aromatic carbocycles. The highest BCUT2D eigenvalue weighted by Gasteiger charge is 2.19. The molecule has 2 aromatic heterocycles. The number of carbonyl (C=O) groups excluding carboxylic acids is 1. The van der Waals surface area contributed by atoms with E-state index in [9.17, 15) is 4.79 Å². The molecule has 1 unspecified atom stereocenters. The van der Waals surface area contributed by atoms with Gasteiger partial charge < -0.3 is 10.6 Å². The van der Waals surface area contributed by atoms with Crippen LogP contribution < -0.4 is 10.6 Å². The molecule has 1 amide bonds. The van der Waals surface area contributed by atoms with Crippen molar-refractivity contribution in [3.8, 4) is 0 Å². The molecule has 0 saturated carbocycles. The van der Waals surface area contributed by atoms with Crippen LogP contribution in [0.1, 0.15) is 41.2 Å². The first-order valence-corrected chi connectivity index (χ1v) is 9.03. The Morgan fingerprint density at radius 2 is 2.35 bits per heavy atom. The minimum absolute atomic E-state index is 0.136. The van der Waals surface area contributed by atoms with Gasteiger partial charge in [0.05, 0.1) is 12.2 Å². The van der Waals surface area contributed by atoms with Gasteiger partial charge in [0.25, 0.3) is 5.91 Å². The molecule has 3 heterocycles. The van der Waals surface area contributed by atoms with Crippen LogP contribution in [0.3, 0.4) is 0 Å². The maximum Gasteiger partial charge on any atom is 0.273 e. The first-order chi connectivity index (χ1) is 11.2. The Morgan fingerprint density at radius 1 is 1.52 bits per heavy atom. The molecular weight excluding hydrogens is 310 g/mol. The average Bonchev–Trinajstić information content (AvgIpc) is 3.25. The number of amides is 1. The van der Waals surface area contributed by atoms with E-state index in [0.29, 0.717) is 24.2 Å². The van der Waals surface area contributed by atoms with Crippen molar-refractivity contribution >= 4 is 17.2 Å². The molecule has 6 nitrogen and oxygen atoms in total. The third kappa shape index (κ3) is 4.39. The van der Waals surface area contributed by atoms with E-state index >= 15 is 0 Å². The highest BCUT2D eigenvalue weighted by molar-refractivity contribution is 7.09. The summed E-state index contributed by atoms with van der Waals surface area (Å²) in [6.45, 7) is 4.78. The Morgan fingerprint density at radius 3 is 3.09 bits per heavy atom. The summed E-state index contributed by atoms with van der Waals surface area (Å²) in [4.78, 5) is 13.6. The van der Waals surface area contributed by atoms with E-state index in [1.54, 1.807) is 17.5 Å². The van der Waals surface area contributed by atoms with Crippen LogP contribution in [0.5, 0.6) is 0 Å². The summed E-state index contributed by atoms with van der Waals surface area (Å²) in [6, 6.07) is 4.54. The molecule has 1 atom stereocenters. The average molecular weight is 333 g/mol. The molecule has 0 aliphatic carbocycles. The van der Waals surface area contributed by atoms with Gasteiger partial charge in [-0.2, -0.15) is 0 Å². The normalized spacial score (nSPS) is 17.1. The molecule has 1 aliphatic rings. The summed E-state index contributed by atoms with van der Waals surface area (Å²) < 4.78 is 1.84. The molecule has 0 spiro atoms. The molecule has 124 valence electrons. The largest absolute Gasteiger partial charge is 0.350 e. The number of hydrogen-bond donors (Lipinski definition) is 2. The lowest BCUT2D eigenvalue weighted by Crippen LogP contribution is -2.30. The fourth-order valence-electron chi connectivity index (χ4n) is 2.83. The van der Waals surface area contributed by atoms with Crippen molar-refractivity contribution in [2.45, 2.75) is 32.2 Å². The summed E-state index contributed by atoms with van der Waals surface area (Å²) in [5.74, 6) is 0.264. The van der Waals surface area contributed by atoms with Gasteiger partial charge in [-0.15, -0.1) is 16.4 Å². The first-order valence-electron chi connectivity index (χ1n) is 8.15. The van der Waals surface area contributed by atoms with Crippen LogP contribution in [0, 0.1) is 5.92 Å². The van der Waals surface area contributed by atoms with Crippen molar-refractivity contribution in [2.24, 2.45) is 5.92 Å². The quantitative estimate of drug-likeness (QED) is 0.846. The minimum atomic E-state index is -0.136. The van der Waals surface area contributed by atoms with E-state index in [1.807, 2.05) is 4.68 Å². The Hall–Kier alpha value is -1.73. The first kappa shape index (κ1) is 16.1. The summed E-state index contributed by atoms with van der Waals surface area (Å²) in [5, 5.41) is 16.5. The zero-order chi connectivity index (χ0) is 16.1. The van der Waals surface area contributed by atoms with E-state index in [2.05, 4.69) is 45.4 Å². The van der Waals surface area contributed by atoms with Crippen LogP contribution in [0.4, 0.5) is 0 Å². The number of nitrogens with one attached hydrogen (secondary N) is 2. The lowest BCUT2D eigenvalue weighted by Gasteiger charge is -2.22. The Balaban J connectivity index is 1.49. The molecule has 0 bridgehead atoms. The second-order valence-corrected chi connectivity index (χ2v) is 7.20. The standard InChI is InChI=1S/C16H23N5OS/c1-12(9-14-3-2-8-23-14)10-18-16(22)15-11-21(20-19-15)13-4-6-17-7-5-13/h2-3,8,11-13,17H,4-7,9-10H2,1H3,(H,18,22). The van der Waals surface area contributed by atoms with Gasteiger partial charge in [-0.25, -0.2) is 4.68 Å². The van der Waals surface area contributed by atoms with Gasteiger partial charge in [-0.1, -0.05) is 18.2 Å². The van der Waals surface area contributed by atoms with E-state index in [4.69, 9.17) is 0 Å². The van der Waals surface area contributed by atoms with E-state index < -0.39 is 0 Å². The van der Waals surface area contributed by atoms with Crippen LogP contribution >= 0.6 is 11.3 Å². The molecule has 2 aromatic rings. The predicted molar refractivity (Wildman–Crippen MR) is 90.7 cm³/mol. The molecule has 3 rings (SSSR count). The van der Waals surface area contributed by atoms with Gasteiger partial charge in [-0.05, 0) is 49.7 Å². The smallest absolute Gasteiger partial charge is 0.273 e. The van der Waals surface area contributed by atoms with Crippen LogP contribution in [0.25, 0.3) is 0 Å². The van der Waals surface area contributed by atoms with Crippen molar-refractivity contribution in [1.82, 2.24) is 25.6 Å². The molecule has 1 fully saturated rings. The number of rotatable bonds is 6. The minimum Gasteiger partial charge on any atom is -0.350 e. The van der Waals surface area contributed by atoms with Gasteiger partial charge in [-0.3, -0.25) is 4.79 Å². The number of thiophene rings is 1. The summed E-state index contributed by atoms with van der Waals surface area (Å²) in [5.41, 5.74) is 0.409. The van der Waals surface area contributed by atoms with Crippen molar-refractivity contribution in [2.75, 3.05) is 19.6 Å². The highest BCUT2D eigenvalue weighted by atomic mass is 32.1. The molecule has 2 N–H and O–H groups in total. The van der Waals surface area contributed by atoms with Gasteiger partial charge in [0.1, 0.15) is 0 Å². The summed E-state index contributed by atoms with van der Waals surface area (Å²) in [6.07, 6.45) is 4.82. The number of hydrogen-bond acceptors (Lipinski definition) is 5. The van der Waals surface area contributed by atoms with E-state index in [0.717, 1.165) is 32.4 Å². The van der Waals surface area contributed by atoms with Crippen molar-refractivity contribution < 1.29 is 4.79 Å². The second kappa shape index (κ2) is 7.70. The molecular formula is C16H23N5OS.